The van der Waals surface area contributed by atoms with Gasteiger partial charge in [-0.25, -0.2) is 0 Å². The number of ether oxygens (including phenoxy) is 1. The van der Waals surface area contributed by atoms with Gasteiger partial charge in [-0.05, 0) is 18.4 Å². The lowest BCUT2D eigenvalue weighted by Gasteiger charge is -2.25. The van der Waals surface area contributed by atoms with Gasteiger partial charge < -0.3 is 15.4 Å². The molecule has 0 aliphatic carbocycles. The standard InChI is InChI=1S/C13H26N2O3/c1-10(2)9-15(6-5-13(17)18-4)12(16)7-11(3)8-14/h10-11H,5-9,14H2,1-4H3. The first-order valence-corrected chi connectivity index (χ1v) is 6.45. The Morgan fingerprint density at radius 3 is 2.33 bits per heavy atom. The van der Waals surface area contributed by atoms with Crippen molar-refractivity contribution in [1.29, 1.82) is 0 Å². The Labute approximate surface area is 110 Å². The molecule has 0 saturated carbocycles. The molecule has 5 heteroatoms. The van der Waals surface area contributed by atoms with Gasteiger partial charge in [0.05, 0.1) is 13.5 Å². The minimum Gasteiger partial charge on any atom is -0.469 e. The van der Waals surface area contributed by atoms with Crippen molar-refractivity contribution >= 4 is 11.9 Å². The van der Waals surface area contributed by atoms with Crippen molar-refractivity contribution in [3.8, 4) is 0 Å². The summed E-state index contributed by atoms with van der Waals surface area (Å²) in [7, 11) is 1.35. The number of methoxy groups -OCH3 is 1. The van der Waals surface area contributed by atoms with Crippen LogP contribution in [0.15, 0.2) is 0 Å². The second kappa shape index (κ2) is 8.91. The molecule has 0 spiro atoms. The third-order valence-corrected chi connectivity index (χ3v) is 2.68. The highest BCUT2D eigenvalue weighted by atomic mass is 16.5. The zero-order valence-electron chi connectivity index (χ0n) is 11.9. The van der Waals surface area contributed by atoms with Crippen LogP contribution in [0.4, 0.5) is 0 Å². The lowest BCUT2D eigenvalue weighted by Crippen LogP contribution is -2.37. The van der Waals surface area contributed by atoms with Gasteiger partial charge in [-0.2, -0.15) is 0 Å². The molecule has 0 rings (SSSR count). The smallest absolute Gasteiger partial charge is 0.307 e. The summed E-state index contributed by atoms with van der Waals surface area (Å²) < 4.78 is 4.59. The van der Waals surface area contributed by atoms with E-state index in [0.717, 1.165) is 0 Å². The molecule has 0 aliphatic rings. The second-order valence-corrected chi connectivity index (χ2v) is 5.10. The molecular formula is C13H26N2O3. The molecule has 0 aromatic carbocycles. The minimum atomic E-state index is -0.288. The van der Waals surface area contributed by atoms with Crippen LogP contribution in [0.3, 0.4) is 0 Å². The maximum absolute atomic E-state index is 12.1. The largest absolute Gasteiger partial charge is 0.469 e. The molecule has 0 radical (unpaired) electrons. The van der Waals surface area contributed by atoms with Gasteiger partial charge >= 0.3 is 5.97 Å². The van der Waals surface area contributed by atoms with Crippen LogP contribution in [-0.4, -0.2) is 43.5 Å². The third-order valence-electron chi connectivity index (χ3n) is 2.68. The van der Waals surface area contributed by atoms with E-state index in [0.29, 0.717) is 32.0 Å². The zero-order valence-corrected chi connectivity index (χ0v) is 11.9. The van der Waals surface area contributed by atoms with Crippen LogP contribution in [0.5, 0.6) is 0 Å². The first-order chi connectivity index (χ1) is 8.40. The molecule has 0 aromatic heterocycles. The number of nitrogens with two attached hydrogens (primary N) is 1. The molecule has 106 valence electrons. The summed E-state index contributed by atoms with van der Waals surface area (Å²) in [5.74, 6) is 0.319. The Balaban J connectivity index is 4.37. The highest BCUT2D eigenvalue weighted by Crippen LogP contribution is 2.08. The number of hydrogen-bond donors (Lipinski definition) is 1. The summed E-state index contributed by atoms with van der Waals surface area (Å²) in [6, 6.07) is 0. The Hall–Kier alpha value is -1.10. The highest BCUT2D eigenvalue weighted by Gasteiger charge is 2.18. The average molecular weight is 258 g/mol. The van der Waals surface area contributed by atoms with Crippen LogP contribution < -0.4 is 5.73 Å². The molecule has 5 nitrogen and oxygen atoms in total. The van der Waals surface area contributed by atoms with Gasteiger partial charge in [-0.15, -0.1) is 0 Å². The van der Waals surface area contributed by atoms with Gasteiger partial charge in [0.2, 0.25) is 5.91 Å². The van der Waals surface area contributed by atoms with E-state index in [4.69, 9.17) is 5.73 Å². The molecule has 0 heterocycles. The first-order valence-electron chi connectivity index (χ1n) is 6.45. The molecule has 1 unspecified atom stereocenters. The topological polar surface area (TPSA) is 72.6 Å². The van der Waals surface area contributed by atoms with Crippen molar-refractivity contribution in [1.82, 2.24) is 4.90 Å². The van der Waals surface area contributed by atoms with E-state index in [1.54, 1.807) is 4.90 Å². The summed E-state index contributed by atoms with van der Waals surface area (Å²) in [5, 5.41) is 0. The van der Waals surface area contributed by atoms with Gasteiger partial charge in [-0.1, -0.05) is 20.8 Å². The number of hydrogen-bond acceptors (Lipinski definition) is 4. The maximum Gasteiger partial charge on any atom is 0.307 e. The van der Waals surface area contributed by atoms with E-state index in [1.165, 1.54) is 7.11 Å². The number of nitrogens with zero attached hydrogens (tertiary/aromatic N) is 1. The van der Waals surface area contributed by atoms with Gasteiger partial charge in [0.15, 0.2) is 0 Å². The fourth-order valence-corrected chi connectivity index (χ4v) is 1.60. The lowest BCUT2D eigenvalue weighted by molar-refractivity contribution is -0.142. The van der Waals surface area contributed by atoms with Gasteiger partial charge in [-0.3, -0.25) is 9.59 Å². The Morgan fingerprint density at radius 2 is 1.89 bits per heavy atom. The molecule has 1 amide bonds. The predicted octanol–water partition coefficient (Wildman–Crippen LogP) is 1.02. The van der Waals surface area contributed by atoms with Crippen LogP contribution >= 0.6 is 0 Å². The van der Waals surface area contributed by atoms with Crippen molar-refractivity contribution in [2.75, 3.05) is 26.7 Å². The van der Waals surface area contributed by atoms with Crippen LogP contribution in [0.1, 0.15) is 33.6 Å². The second-order valence-electron chi connectivity index (χ2n) is 5.10. The summed E-state index contributed by atoms with van der Waals surface area (Å²) in [5.41, 5.74) is 5.52. The maximum atomic E-state index is 12.1. The molecule has 0 aromatic rings. The number of carbonyl (C=O) groups excluding carboxylic acids is 2. The fraction of sp³-hybridized carbons (Fsp3) is 0.846. The van der Waals surface area contributed by atoms with Crippen molar-refractivity contribution in [2.24, 2.45) is 17.6 Å². The van der Waals surface area contributed by atoms with Gasteiger partial charge in [0.25, 0.3) is 0 Å². The normalized spacial score (nSPS) is 12.3. The summed E-state index contributed by atoms with van der Waals surface area (Å²) >= 11 is 0. The molecule has 0 bridgehead atoms. The summed E-state index contributed by atoms with van der Waals surface area (Å²) in [6.07, 6.45) is 0.677. The number of carbonyl (C=O) groups is 2. The number of amides is 1. The Morgan fingerprint density at radius 1 is 1.28 bits per heavy atom. The molecule has 0 fully saturated rings. The first kappa shape index (κ1) is 16.9. The Bertz CT molecular complexity index is 267. The van der Waals surface area contributed by atoms with E-state index in [9.17, 15) is 9.59 Å². The summed E-state index contributed by atoms with van der Waals surface area (Å²) in [6.45, 7) is 7.62. The van der Waals surface area contributed by atoms with E-state index < -0.39 is 0 Å². The van der Waals surface area contributed by atoms with Crippen molar-refractivity contribution in [3.63, 3.8) is 0 Å². The van der Waals surface area contributed by atoms with Gasteiger partial charge in [0.1, 0.15) is 0 Å². The van der Waals surface area contributed by atoms with Crippen molar-refractivity contribution < 1.29 is 14.3 Å². The average Bonchev–Trinajstić information content (AvgIpc) is 2.32. The van der Waals surface area contributed by atoms with Crippen LogP contribution in [0.25, 0.3) is 0 Å². The molecule has 0 aliphatic heterocycles. The van der Waals surface area contributed by atoms with E-state index in [-0.39, 0.29) is 24.2 Å². The SMILES string of the molecule is COC(=O)CCN(CC(C)C)C(=O)CC(C)CN. The Kier molecular flexibility index (Phi) is 8.37. The van der Waals surface area contributed by atoms with Crippen LogP contribution in [0.2, 0.25) is 0 Å². The quantitative estimate of drug-likeness (QED) is 0.660. The van der Waals surface area contributed by atoms with Crippen LogP contribution in [0, 0.1) is 11.8 Å². The zero-order chi connectivity index (χ0) is 14.1. The molecule has 2 N–H and O–H groups in total. The molecule has 1 atom stereocenters. The minimum absolute atomic E-state index is 0.0607. The van der Waals surface area contributed by atoms with E-state index in [1.807, 2.05) is 20.8 Å². The lowest BCUT2D eigenvalue weighted by atomic mass is 10.1. The predicted molar refractivity (Wildman–Crippen MR) is 70.9 cm³/mol. The van der Waals surface area contributed by atoms with Gasteiger partial charge in [0, 0.05) is 19.5 Å². The van der Waals surface area contributed by atoms with E-state index >= 15 is 0 Å². The fourth-order valence-electron chi connectivity index (χ4n) is 1.60. The summed E-state index contributed by atoms with van der Waals surface area (Å²) in [4.78, 5) is 24.9. The molecular weight excluding hydrogens is 232 g/mol. The van der Waals surface area contributed by atoms with Crippen LogP contribution in [-0.2, 0) is 14.3 Å². The molecule has 0 saturated heterocycles. The van der Waals surface area contributed by atoms with E-state index in [2.05, 4.69) is 4.74 Å². The molecule has 18 heavy (non-hydrogen) atoms. The number of rotatable bonds is 8. The number of esters is 1. The highest BCUT2D eigenvalue weighted by molar-refractivity contribution is 5.77. The third kappa shape index (κ3) is 7.27. The van der Waals surface area contributed by atoms with Crippen molar-refractivity contribution in [3.05, 3.63) is 0 Å². The van der Waals surface area contributed by atoms with Crippen molar-refractivity contribution in [2.45, 2.75) is 33.6 Å². The monoisotopic (exact) mass is 258 g/mol.